The van der Waals surface area contributed by atoms with E-state index in [2.05, 4.69) is 22.0 Å². The number of aryl methyl sites for hydroxylation is 2. The first-order valence-corrected chi connectivity index (χ1v) is 9.41. The van der Waals surface area contributed by atoms with Gasteiger partial charge in [-0.3, -0.25) is 14.7 Å². The second kappa shape index (κ2) is 7.87. The maximum absolute atomic E-state index is 12.4. The van der Waals surface area contributed by atoms with E-state index in [-0.39, 0.29) is 12.5 Å². The summed E-state index contributed by atoms with van der Waals surface area (Å²) in [7, 11) is 0. The molecule has 0 spiro atoms. The number of carbonyl (C=O) groups is 1. The average Bonchev–Trinajstić information content (AvgIpc) is 3.15. The lowest BCUT2D eigenvalue weighted by Crippen LogP contribution is -2.49. The Labute approximate surface area is 154 Å². The molecule has 1 aromatic carbocycles. The highest BCUT2D eigenvalue weighted by Gasteiger charge is 2.21. The number of ether oxygens (including phenoxy) is 1. The number of rotatable bonds is 5. The van der Waals surface area contributed by atoms with E-state index in [1.165, 1.54) is 23.1 Å². The van der Waals surface area contributed by atoms with Gasteiger partial charge in [-0.05, 0) is 60.2 Å². The molecule has 0 unspecified atom stereocenters. The lowest BCUT2D eigenvalue weighted by Gasteiger charge is -2.34. The number of fused-ring (bicyclic) bond motifs is 1. The zero-order valence-corrected chi connectivity index (χ0v) is 15.1. The Morgan fingerprint density at radius 1 is 1.00 bits per heavy atom. The summed E-state index contributed by atoms with van der Waals surface area (Å²) in [6, 6.07) is 10.3. The van der Waals surface area contributed by atoms with Crippen LogP contribution in [-0.4, -0.2) is 53.5 Å². The summed E-state index contributed by atoms with van der Waals surface area (Å²) < 4.78 is 5.76. The van der Waals surface area contributed by atoms with Crippen molar-refractivity contribution in [2.24, 2.45) is 0 Å². The van der Waals surface area contributed by atoms with E-state index in [0.29, 0.717) is 0 Å². The zero-order valence-electron chi connectivity index (χ0n) is 15.1. The highest BCUT2D eigenvalue weighted by Crippen LogP contribution is 2.26. The minimum absolute atomic E-state index is 0.0778. The average molecular weight is 351 g/mol. The largest absolute Gasteiger partial charge is 0.484 e. The summed E-state index contributed by atoms with van der Waals surface area (Å²) >= 11 is 0. The van der Waals surface area contributed by atoms with Crippen LogP contribution >= 0.6 is 0 Å². The third kappa shape index (κ3) is 4.05. The predicted molar refractivity (Wildman–Crippen MR) is 100 cm³/mol. The van der Waals surface area contributed by atoms with Crippen LogP contribution in [0.5, 0.6) is 5.75 Å². The normalized spacial score (nSPS) is 17.2. The van der Waals surface area contributed by atoms with Gasteiger partial charge in [0.05, 0.1) is 0 Å². The van der Waals surface area contributed by atoms with Crippen molar-refractivity contribution in [3.8, 4) is 5.75 Å². The SMILES string of the molecule is O=C(COc1ccc2c(c1)CCC2)N1CCN(Cc2ccncc2)CC1. The van der Waals surface area contributed by atoms with Gasteiger partial charge in [-0.1, -0.05) is 6.07 Å². The van der Waals surface area contributed by atoms with Crippen LogP contribution in [-0.2, 0) is 24.2 Å². The summed E-state index contributed by atoms with van der Waals surface area (Å²) in [5, 5.41) is 0. The number of amides is 1. The Bertz CT molecular complexity index is 755. The van der Waals surface area contributed by atoms with Gasteiger partial charge >= 0.3 is 0 Å². The van der Waals surface area contributed by atoms with Gasteiger partial charge in [0.25, 0.3) is 5.91 Å². The molecule has 0 bridgehead atoms. The smallest absolute Gasteiger partial charge is 0.260 e. The van der Waals surface area contributed by atoms with E-state index < -0.39 is 0 Å². The van der Waals surface area contributed by atoms with Crippen LogP contribution in [0.3, 0.4) is 0 Å². The number of hydrogen-bond acceptors (Lipinski definition) is 4. The van der Waals surface area contributed by atoms with Crippen molar-refractivity contribution in [1.82, 2.24) is 14.8 Å². The molecule has 1 saturated heterocycles. The van der Waals surface area contributed by atoms with Gasteiger partial charge in [0.15, 0.2) is 6.61 Å². The van der Waals surface area contributed by atoms with Gasteiger partial charge in [0, 0.05) is 45.1 Å². The van der Waals surface area contributed by atoms with E-state index in [0.717, 1.165) is 51.3 Å². The van der Waals surface area contributed by atoms with E-state index in [4.69, 9.17) is 4.74 Å². The molecule has 4 rings (SSSR count). The molecular weight excluding hydrogens is 326 g/mol. The van der Waals surface area contributed by atoms with Crippen LogP contribution in [0.25, 0.3) is 0 Å². The predicted octanol–water partition coefficient (Wildman–Crippen LogP) is 2.29. The Balaban J connectivity index is 1.23. The van der Waals surface area contributed by atoms with Gasteiger partial charge in [-0.15, -0.1) is 0 Å². The molecule has 1 amide bonds. The first-order chi connectivity index (χ1) is 12.8. The summed E-state index contributed by atoms with van der Waals surface area (Å²) in [4.78, 5) is 20.8. The third-order valence-corrected chi connectivity index (χ3v) is 5.31. The first kappa shape index (κ1) is 17.0. The van der Waals surface area contributed by atoms with Crippen molar-refractivity contribution < 1.29 is 9.53 Å². The lowest BCUT2D eigenvalue weighted by molar-refractivity contribution is -0.135. The van der Waals surface area contributed by atoms with Crippen LogP contribution in [0.15, 0.2) is 42.7 Å². The van der Waals surface area contributed by atoms with Gasteiger partial charge in [-0.2, -0.15) is 0 Å². The second-order valence-corrected chi connectivity index (χ2v) is 7.09. The van der Waals surface area contributed by atoms with Crippen molar-refractivity contribution >= 4 is 5.91 Å². The number of hydrogen-bond donors (Lipinski definition) is 0. The molecule has 0 saturated carbocycles. The second-order valence-electron chi connectivity index (χ2n) is 7.09. The summed E-state index contributed by atoms with van der Waals surface area (Å²) in [6.45, 7) is 4.36. The van der Waals surface area contributed by atoms with Crippen molar-refractivity contribution in [3.63, 3.8) is 0 Å². The van der Waals surface area contributed by atoms with Gasteiger partial charge in [0.2, 0.25) is 0 Å². The first-order valence-electron chi connectivity index (χ1n) is 9.41. The monoisotopic (exact) mass is 351 g/mol. The minimum atomic E-state index is 0.0778. The minimum Gasteiger partial charge on any atom is -0.484 e. The molecule has 0 atom stereocenters. The Morgan fingerprint density at radius 3 is 2.58 bits per heavy atom. The molecular formula is C21H25N3O2. The number of benzene rings is 1. The quantitative estimate of drug-likeness (QED) is 0.829. The Kier molecular flexibility index (Phi) is 5.16. The Hall–Kier alpha value is -2.40. The van der Waals surface area contributed by atoms with Crippen LogP contribution in [0.2, 0.25) is 0 Å². The molecule has 2 heterocycles. The molecule has 136 valence electrons. The summed E-state index contributed by atoms with van der Waals surface area (Å²) in [5.74, 6) is 0.893. The molecule has 1 aliphatic heterocycles. The standard InChI is InChI=1S/C21H25N3O2/c25-21(16-26-20-5-4-18-2-1-3-19(18)14-20)24-12-10-23(11-13-24)15-17-6-8-22-9-7-17/h4-9,14H,1-3,10-13,15-16H2. The van der Waals surface area contributed by atoms with Crippen LogP contribution < -0.4 is 4.74 Å². The third-order valence-electron chi connectivity index (χ3n) is 5.31. The van der Waals surface area contributed by atoms with Crippen LogP contribution in [0, 0.1) is 0 Å². The molecule has 0 N–H and O–H groups in total. The Morgan fingerprint density at radius 2 is 1.77 bits per heavy atom. The maximum atomic E-state index is 12.4. The van der Waals surface area contributed by atoms with E-state index >= 15 is 0 Å². The molecule has 5 heteroatoms. The molecule has 26 heavy (non-hydrogen) atoms. The summed E-state index contributed by atoms with van der Waals surface area (Å²) in [6.07, 6.45) is 7.16. The molecule has 2 aromatic rings. The van der Waals surface area contributed by atoms with Gasteiger partial charge in [-0.25, -0.2) is 0 Å². The molecule has 0 radical (unpaired) electrons. The number of piperazine rings is 1. The molecule has 1 aromatic heterocycles. The van der Waals surface area contributed by atoms with Crippen LogP contribution in [0.4, 0.5) is 0 Å². The van der Waals surface area contributed by atoms with Crippen molar-refractivity contribution in [3.05, 3.63) is 59.4 Å². The molecule has 1 aliphatic carbocycles. The maximum Gasteiger partial charge on any atom is 0.260 e. The highest BCUT2D eigenvalue weighted by atomic mass is 16.5. The fourth-order valence-electron chi connectivity index (χ4n) is 3.78. The van der Waals surface area contributed by atoms with Gasteiger partial charge < -0.3 is 9.64 Å². The number of pyridine rings is 1. The van der Waals surface area contributed by atoms with E-state index in [1.807, 2.05) is 35.5 Å². The molecule has 1 fully saturated rings. The molecule has 2 aliphatic rings. The van der Waals surface area contributed by atoms with E-state index in [9.17, 15) is 4.79 Å². The zero-order chi connectivity index (χ0) is 17.8. The van der Waals surface area contributed by atoms with Crippen LogP contribution in [0.1, 0.15) is 23.1 Å². The summed E-state index contributed by atoms with van der Waals surface area (Å²) in [5.41, 5.74) is 4.06. The van der Waals surface area contributed by atoms with Crippen molar-refractivity contribution in [2.45, 2.75) is 25.8 Å². The molecule has 5 nitrogen and oxygen atoms in total. The number of nitrogens with zero attached hydrogens (tertiary/aromatic N) is 3. The number of carbonyl (C=O) groups excluding carboxylic acids is 1. The highest BCUT2D eigenvalue weighted by molar-refractivity contribution is 5.77. The fourth-order valence-corrected chi connectivity index (χ4v) is 3.78. The fraction of sp³-hybridized carbons (Fsp3) is 0.429. The topological polar surface area (TPSA) is 45.7 Å². The number of aromatic nitrogens is 1. The van der Waals surface area contributed by atoms with E-state index in [1.54, 1.807) is 0 Å². The van der Waals surface area contributed by atoms with Crippen molar-refractivity contribution in [2.75, 3.05) is 32.8 Å². The van der Waals surface area contributed by atoms with Crippen molar-refractivity contribution in [1.29, 1.82) is 0 Å². The van der Waals surface area contributed by atoms with Gasteiger partial charge in [0.1, 0.15) is 5.75 Å². The lowest BCUT2D eigenvalue weighted by atomic mass is 10.1.